The van der Waals surface area contributed by atoms with Crippen molar-refractivity contribution < 1.29 is 4.52 Å². The molecule has 124 valence electrons. The van der Waals surface area contributed by atoms with Crippen molar-refractivity contribution in [3.05, 3.63) is 24.0 Å². The van der Waals surface area contributed by atoms with Crippen LogP contribution in [0.25, 0.3) is 0 Å². The predicted molar refractivity (Wildman–Crippen MR) is 87.3 cm³/mol. The highest BCUT2D eigenvalue weighted by molar-refractivity contribution is 5.41. The number of hydrogen-bond donors (Lipinski definition) is 1. The zero-order valence-electron chi connectivity index (χ0n) is 13.9. The summed E-state index contributed by atoms with van der Waals surface area (Å²) in [5.41, 5.74) is 0. The molecule has 0 aliphatic carbocycles. The molecular weight excluding hydrogens is 294 g/mol. The van der Waals surface area contributed by atoms with Gasteiger partial charge in [-0.05, 0) is 18.9 Å². The number of aromatic nitrogens is 4. The maximum atomic E-state index is 5.02. The molecule has 1 aliphatic heterocycles. The molecule has 2 aromatic rings. The smallest absolute Gasteiger partial charge is 0.226 e. The van der Waals surface area contributed by atoms with E-state index in [1.165, 1.54) is 0 Å². The molecule has 1 N–H and O–H groups in total. The van der Waals surface area contributed by atoms with Crippen LogP contribution in [0.15, 0.2) is 16.8 Å². The van der Waals surface area contributed by atoms with Gasteiger partial charge in [0.15, 0.2) is 5.82 Å². The van der Waals surface area contributed by atoms with Crippen molar-refractivity contribution in [2.24, 2.45) is 0 Å². The van der Waals surface area contributed by atoms with Crippen molar-refractivity contribution in [2.45, 2.75) is 32.4 Å². The summed E-state index contributed by atoms with van der Waals surface area (Å²) in [6.07, 6.45) is 3.93. The van der Waals surface area contributed by atoms with Crippen LogP contribution in [0.1, 0.15) is 24.6 Å². The maximum Gasteiger partial charge on any atom is 0.226 e. The lowest BCUT2D eigenvalue weighted by atomic mass is 10.1. The Labute approximate surface area is 135 Å². The highest BCUT2D eigenvalue weighted by Crippen LogP contribution is 2.17. The van der Waals surface area contributed by atoms with Crippen LogP contribution in [0.4, 0.5) is 11.8 Å². The number of aryl methyl sites for hydroxylation is 1. The summed E-state index contributed by atoms with van der Waals surface area (Å²) in [4.78, 5) is 17.3. The Hall–Kier alpha value is -2.22. The molecule has 0 radical (unpaired) electrons. The first-order valence-corrected chi connectivity index (χ1v) is 7.88. The van der Waals surface area contributed by atoms with E-state index in [9.17, 15) is 0 Å². The van der Waals surface area contributed by atoms with Crippen molar-refractivity contribution >= 4 is 11.8 Å². The van der Waals surface area contributed by atoms with Gasteiger partial charge in [-0.2, -0.15) is 9.97 Å². The lowest BCUT2D eigenvalue weighted by Crippen LogP contribution is -2.39. The molecule has 2 aromatic heterocycles. The molecule has 3 heterocycles. The van der Waals surface area contributed by atoms with E-state index < -0.39 is 0 Å². The Morgan fingerprint density at radius 2 is 2.09 bits per heavy atom. The van der Waals surface area contributed by atoms with E-state index >= 15 is 0 Å². The highest BCUT2D eigenvalue weighted by atomic mass is 16.5. The number of nitrogens with zero attached hydrogens (tertiary/aromatic N) is 6. The van der Waals surface area contributed by atoms with E-state index in [0.29, 0.717) is 11.9 Å². The molecule has 0 spiro atoms. The average molecular weight is 317 g/mol. The molecule has 3 rings (SSSR count). The summed E-state index contributed by atoms with van der Waals surface area (Å²) in [6, 6.07) is 2.35. The van der Waals surface area contributed by atoms with Gasteiger partial charge < -0.3 is 14.7 Å². The van der Waals surface area contributed by atoms with Crippen molar-refractivity contribution in [1.82, 2.24) is 25.0 Å². The summed E-state index contributed by atoms with van der Waals surface area (Å²) in [5, 5.41) is 7.47. The minimum atomic E-state index is 0.433. The van der Waals surface area contributed by atoms with Crippen LogP contribution in [-0.2, 0) is 6.54 Å². The molecule has 0 saturated carbocycles. The average Bonchev–Trinajstić information content (AvgIpc) is 2.94. The third-order valence-corrected chi connectivity index (χ3v) is 3.92. The van der Waals surface area contributed by atoms with Gasteiger partial charge in [0.25, 0.3) is 0 Å². The van der Waals surface area contributed by atoms with E-state index in [0.717, 1.165) is 50.1 Å². The third kappa shape index (κ3) is 4.16. The van der Waals surface area contributed by atoms with Gasteiger partial charge in [-0.1, -0.05) is 5.16 Å². The number of anilines is 2. The first-order chi connectivity index (χ1) is 11.1. The van der Waals surface area contributed by atoms with Gasteiger partial charge in [0.05, 0.1) is 6.54 Å². The normalized spacial score (nSPS) is 16.5. The zero-order valence-corrected chi connectivity index (χ0v) is 13.9. The molecule has 1 aliphatic rings. The van der Waals surface area contributed by atoms with Crippen LogP contribution in [-0.4, -0.2) is 58.2 Å². The van der Waals surface area contributed by atoms with Gasteiger partial charge in [-0.25, -0.2) is 4.98 Å². The standard InChI is InChI=1S/C15H23N7O/c1-11-17-14(20-23-11)10-22-8-5-12(6-9-22)18-13-4-7-16-15(19-13)21(2)3/h4,7,12H,5-6,8-10H2,1-3H3,(H,16,18,19). The molecule has 0 amide bonds. The van der Waals surface area contributed by atoms with Gasteiger partial charge in [0.1, 0.15) is 5.82 Å². The highest BCUT2D eigenvalue weighted by Gasteiger charge is 2.21. The Kier molecular flexibility index (Phi) is 4.71. The Balaban J connectivity index is 1.50. The molecule has 23 heavy (non-hydrogen) atoms. The summed E-state index contributed by atoms with van der Waals surface area (Å²) in [6.45, 7) is 4.59. The molecular formula is C15H23N7O. The summed E-state index contributed by atoms with van der Waals surface area (Å²) < 4.78 is 5.02. The number of nitrogens with one attached hydrogen (secondary N) is 1. The fourth-order valence-corrected chi connectivity index (χ4v) is 2.69. The number of piperidine rings is 1. The fourth-order valence-electron chi connectivity index (χ4n) is 2.69. The Morgan fingerprint density at radius 3 is 2.74 bits per heavy atom. The quantitative estimate of drug-likeness (QED) is 0.884. The van der Waals surface area contributed by atoms with Crippen LogP contribution in [0, 0.1) is 6.92 Å². The monoisotopic (exact) mass is 317 g/mol. The molecule has 0 aromatic carbocycles. The number of likely N-dealkylation sites (tertiary alicyclic amines) is 1. The Bertz CT molecular complexity index is 634. The minimum absolute atomic E-state index is 0.433. The second-order valence-corrected chi connectivity index (χ2v) is 6.06. The van der Waals surface area contributed by atoms with E-state index in [1.54, 1.807) is 6.20 Å². The van der Waals surface area contributed by atoms with Crippen molar-refractivity contribution in [2.75, 3.05) is 37.4 Å². The van der Waals surface area contributed by atoms with Crippen LogP contribution in [0.2, 0.25) is 0 Å². The fraction of sp³-hybridized carbons (Fsp3) is 0.600. The van der Waals surface area contributed by atoms with Crippen LogP contribution >= 0.6 is 0 Å². The molecule has 0 bridgehead atoms. The third-order valence-electron chi connectivity index (χ3n) is 3.92. The van der Waals surface area contributed by atoms with E-state index in [2.05, 4.69) is 30.3 Å². The first kappa shape index (κ1) is 15.7. The largest absolute Gasteiger partial charge is 0.367 e. The minimum Gasteiger partial charge on any atom is -0.367 e. The summed E-state index contributed by atoms with van der Waals surface area (Å²) in [5.74, 6) is 2.99. The van der Waals surface area contributed by atoms with E-state index in [4.69, 9.17) is 4.52 Å². The molecule has 0 atom stereocenters. The SMILES string of the molecule is Cc1nc(CN2CCC(Nc3ccnc(N(C)C)n3)CC2)no1. The zero-order chi connectivity index (χ0) is 16.2. The first-order valence-electron chi connectivity index (χ1n) is 7.88. The second-order valence-electron chi connectivity index (χ2n) is 6.06. The van der Waals surface area contributed by atoms with Gasteiger partial charge in [-0.3, -0.25) is 4.90 Å². The van der Waals surface area contributed by atoms with Gasteiger partial charge >= 0.3 is 0 Å². The lowest BCUT2D eigenvalue weighted by Gasteiger charge is -2.31. The molecule has 8 heteroatoms. The van der Waals surface area contributed by atoms with Gasteiger partial charge in [-0.15, -0.1) is 0 Å². The molecule has 0 unspecified atom stereocenters. The van der Waals surface area contributed by atoms with Crippen molar-refractivity contribution in [3.8, 4) is 0 Å². The summed E-state index contributed by atoms with van der Waals surface area (Å²) >= 11 is 0. The molecule has 1 fully saturated rings. The number of rotatable bonds is 5. The van der Waals surface area contributed by atoms with Crippen LogP contribution < -0.4 is 10.2 Å². The van der Waals surface area contributed by atoms with Crippen LogP contribution in [0.5, 0.6) is 0 Å². The van der Waals surface area contributed by atoms with Crippen LogP contribution in [0.3, 0.4) is 0 Å². The van der Waals surface area contributed by atoms with E-state index in [1.807, 2.05) is 32.0 Å². The molecule has 1 saturated heterocycles. The predicted octanol–water partition coefficient (Wildman–Crippen LogP) is 1.31. The number of hydrogen-bond acceptors (Lipinski definition) is 8. The topological polar surface area (TPSA) is 83.2 Å². The Morgan fingerprint density at radius 1 is 1.30 bits per heavy atom. The second kappa shape index (κ2) is 6.91. The van der Waals surface area contributed by atoms with Crippen molar-refractivity contribution in [1.29, 1.82) is 0 Å². The van der Waals surface area contributed by atoms with E-state index in [-0.39, 0.29) is 0 Å². The maximum absolute atomic E-state index is 5.02. The molecule has 8 nitrogen and oxygen atoms in total. The van der Waals surface area contributed by atoms with Gasteiger partial charge in [0.2, 0.25) is 11.8 Å². The van der Waals surface area contributed by atoms with Crippen molar-refractivity contribution in [3.63, 3.8) is 0 Å². The summed E-state index contributed by atoms with van der Waals surface area (Å²) in [7, 11) is 3.88. The van der Waals surface area contributed by atoms with Gasteiger partial charge in [0, 0.05) is 46.3 Å². The lowest BCUT2D eigenvalue weighted by molar-refractivity contribution is 0.204.